The summed E-state index contributed by atoms with van der Waals surface area (Å²) in [6.45, 7) is 3.93. The number of aryl methyl sites for hydroxylation is 1. The number of rotatable bonds is 2. The zero-order valence-electron chi connectivity index (χ0n) is 10.1. The molecule has 0 aliphatic carbocycles. The van der Waals surface area contributed by atoms with Gasteiger partial charge in [-0.05, 0) is 43.2 Å². The summed E-state index contributed by atoms with van der Waals surface area (Å²) in [7, 11) is 0. The van der Waals surface area contributed by atoms with E-state index in [4.69, 9.17) is 23.2 Å². The Morgan fingerprint density at radius 1 is 1.00 bits per heavy atom. The molecule has 3 heteroatoms. The first kappa shape index (κ1) is 13.1. The maximum absolute atomic E-state index is 12.4. The molecule has 0 fully saturated rings. The minimum atomic E-state index is -0.0326. The van der Waals surface area contributed by atoms with E-state index in [0.29, 0.717) is 21.2 Å². The largest absolute Gasteiger partial charge is 0.289 e. The molecule has 0 N–H and O–H groups in total. The maximum Gasteiger partial charge on any atom is 0.193 e. The number of ketones is 1. The van der Waals surface area contributed by atoms with Crippen molar-refractivity contribution in [1.82, 2.24) is 0 Å². The second kappa shape index (κ2) is 5.13. The van der Waals surface area contributed by atoms with Gasteiger partial charge in [0.25, 0.3) is 0 Å². The van der Waals surface area contributed by atoms with E-state index < -0.39 is 0 Å². The Bertz CT molecular complexity index is 618. The third-order valence-electron chi connectivity index (χ3n) is 3.03. The fourth-order valence-corrected chi connectivity index (χ4v) is 2.09. The van der Waals surface area contributed by atoms with E-state index in [1.54, 1.807) is 18.2 Å². The molecular weight excluding hydrogens is 267 g/mol. The molecule has 0 atom stereocenters. The van der Waals surface area contributed by atoms with Crippen LogP contribution >= 0.6 is 23.2 Å². The summed E-state index contributed by atoms with van der Waals surface area (Å²) in [6.07, 6.45) is 0. The second-order valence-corrected chi connectivity index (χ2v) is 5.02. The van der Waals surface area contributed by atoms with Crippen LogP contribution in [0.25, 0.3) is 0 Å². The van der Waals surface area contributed by atoms with Gasteiger partial charge >= 0.3 is 0 Å². The van der Waals surface area contributed by atoms with Crippen molar-refractivity contribution in [2.45, 2.75) is 13.8 Å². The molecule has 18 heavy (non-hydrogen) atoms. The number of carbonyl (C=O) groups excluding carboxylic acids is 1. The summed E-state index contributed by atoms with van der Waals surface area (Å²) >= 11 is 11.8. The summed E-state index contributed by atoms with van der Waals surface area (Å²) in [5.74, 6) is -0.0326. The fourth-order valence-electron chi connectivity index (χ4n) is 1.79. The van der Waals surface area contributed by atoms with Crippen LogP contribution in [-0.4, -0.2) is 5.78 Å². The smallest absolute Gasteiger partial charge is 0.193 e. The average Bonchev–Trinajstić information content (AvgIpc) is 2.35. The highest BCUT2D eigenvalue weighted by Gasteiger charge is 2.13. The molecule has 0 heterocycles. The molecule has 0 radical (unpaired) electrons. The van der Waals surface area contributed by atoms with Gasteiger partial charge in [0, 0.05) is 11.1 Å². The van der Waals surface area contributed by atoms with Gasteiger partial charge in [-0.25, -0.2) is 0 Å². The van der Waals surface area contributed by atoms with Crippen molar-refractivity contribution in [3.63, 3.8) is 0 Å². The van der Waals surface area contributed by atoms with Crippen molar-refractivity contribution in [2.75, 3.05) is 0 Å². The molecule has 1 nitrogen and oxygen atoms in total. The van der Waals surface area contributed by atoms with Crippen molar-refractivity contribution < 1.29 is 4.79 Å². The molecule has 92 valence electrons. The summed E-state index contributed by atoms with van der Waals surface area (Å²) in [5, 5.41) is 0.849. The highest BCUT2D eigenvalue weighted by Crippen LogP contribution is 2.25. The van der Waals surface area contributed by atoms with Crippen LogP contribution in [0.3, 0.4) is 0 Å². The van der Waals surface area contributed by atoms with Gasteiger partial charge in [0.15, 0.2) is 5.78 Å². The molecule has 0 saturated carbocycles. The molecular formula is C15H12Cl2O. The summed E-state index contributed by atoms with van der Waals surface area (Å²) in [5.41, 5.74) is 3.35. The number of hydrogen-bond donors (Lipinski definition) is 0. The molecule has 0 aliphatic rings. The van der Waals surface area contributed by atoms with Gasteiger partial charge in [-0.3, -0.25) is 4.79 Å². The fraction of sp³-hybridized carbons (Fsp3) is 0.133. The lowest BCUT2D eigenvalue weighted by atomic mass is 9.96. The zero-order chi connectivity index (χ0) is 13.3. The van der Waals surface area contributed by atoms with Crippen LogP contribution in [0.1, 0.15) is 27.0 Å². The van der Waals surface area contributed by atoms with Crippen molar-refractivity contribution in [3.8, 4) is 0 Å². The third kappa shape index (κ3) is 2.43. The van der Waals surface area contributed by atoms with Crippen LogP contribution in [0.2, 0.25) is 10.0 Å². The molecule has 0 unspecified atom stereocenters. The first-order valence-corrected chi connectivity index (χ1v) is 6.32. The Morgan fingerprint density at radius 2 is 1.72 bits per heavy atom. The molecule has 2 aromatic carbocycles. The molecule has 0 saturated heterocycles. The number of hydrogen-bond acceptors (Lipinski definition) is 1. The molecule has 0 spiro atoms. The van der Waals surface area contributed by atoms with Gasteiger partial charge in [-0.2, -0.15) is 0 Å². The van der Waals surface area contributed by atoms with Crippen LogP contribution in [0.15, 0.2) is 36.4 Å². The molecule has 2 aromatic rings. The van der Waals surface area contributed by atoms with E-state index in [2.05, 4.69) is 0 Å². The second-order valence-electron chi connectivity index (χ2n) is 4.21. The molecule has 0 aromatic heterocycles. The van der Waals surface area contributed by atoms with Crippen molar-refractivity contribution >= 4 is 29.0 Å². The topological polar surface area (TPSA) is 17.1 Å². The van der Waals surface area contributed by atoms with Gasteiger partial charge in [0.2, 0.25) is 0 Å². The summed E-state index contributed by atoms with van der Waals surface area (Å²) < 4.78 is 0. The van der Waals surface area contributed by atoms with Gasteiger partial charge in [-0.1, -0.05) is 41.4 Å². The van der Waals surface area contributed by atoms with E-state index in [-0.39, 0.29) is 5.78 Å². The van der Waals surface area contributed by atoms with Gasteiger partial charge in [0.05, 0.1) is 10.0 Å². The molecule has 2 rings (SSSR count). The minimum absolute atomic E-state index is 0.0326. The Labute approximate surface area is 116 Å². The summed E-state index contributed by atoms with van der Waals surface area (Å²) in [4.78, 5) is 12.4. The molecule has 0 amide bonds. The van der Waals surface area contributed by atoms with E-state index in [1.165, 1.54) is 0 Å². The van der Waals surface area contributed by atoms with Crippen LogP contribution in [-0.2, 0) is 0 Å². The lowest BCUT2D eigenvalue weighted by Crippen LogP contribution is -2.04. The third-order valence-corrected chi connectivity index (χ3v) is 3.77. The van der Waals surface area contributed by atoms with Crippen molar-refractivity contribution in [1.29, 1.82) is 0 Å². The Balaban J connectivity index is 2.48. The first-order valence-electron chi connectivity index (χ1n) is 5.56. The predicted octanol–water partition coefficient (Wildman–Crippen LogP) is 4.84. The van der Waals surface area contributed by atoms with Crippen LogP contribution in [0.5, 0.6) is 0 Å². The molecule has 0 bridgehead atoms. The highest BCUT2D eigenvalue weighted by molar-refractivity contribution is 6.42. The number of carbonyl (C=O) groups is 1. The Morgan fingerprint density at radius 3 is 2.39 bits per heavy atom. The van der Waals surface area contributed by atoms with Crippen molar-refractivity contribution in [3.05, 3.63) is 68.7 Å². The SMILES string of the molecule is Cc1cccc(C(=O)c2ccc(Cl)c(Cl)c2)c1C. The zero-order valence-corrected chi connectivity index (χ0v) is 11.6. The lowest BCUT2D eigenvalue weighted by Gasteiger charge is -2.08. The number of halogens is 2. The van der Waals surface area contributed by atoms with E-state index in [0.717, 1.165) is 11.1 Å². The van der Waals surface area contributed by atoms with Crippen LogP contribution < -0.4 is 0 Å². The number of benzene rings is 2. The lowest BCUT2D eigenvalue weighted by molar-refractivity contribution is 0.103. The van der Waals surface area contributed by atoms with E-state index in [1.807, 2.05) is 32.0 Å². The van der Waals surface area contributed by atoms with E-state index >= 15 is 0 Å². The van der Waals surface area contributed by atoms with Gasteiger partial charge < -0.3 is 0 Å². The van der Waals surface area contributed by atoms with Gasteiger partial charge in [-0.15, -0.1) is 0 Å². The minimum Gasteiger partial charge on any atom is -0.289 e. The monoisotopic (exact) mass is 278 g/mol. The highest BCUT2D eigenvalue weighted by atomic mass is 35.5. The van der Waals surface area contributed by atoms with Crippen LogP contribution in [0, 0.1) is 13.8 Å². The normalized spacial score (nSPS) is 10.4. The Kier molecular flexibility index (Phi) is 3.74. The van der Waals surface area contributed by atoms with Crippen LogP contribution in [0.4, 0.5) is 0 Å². The van der Waals surface area contributed by atoms with E-state index in [9.17, 15) is 4.79 Å². The Hall–Kier alpha value is -1.31. The van der Waals surface area contributed by atoms with Gasteiger partial charge in [0.1, 0.15) is 0 Å². The standard InChI is InChI=1S/C15H12Cl2O/c1-9-4-3-5-12(10(9)2)15(18)11-6-7-13(16)14(17)8-11/h3-8H,1-2H3. The van der Waals surface area contributed by atoms with Crippen molar-refractivity contribution in [2.24, 2.45) is 0 Å². The first-order chi connectivity index (χ1) is 8.50. The predicted molar refractivity (Wildman–Crippen MR) is 75.8 cm³/mol. The average molecular weight is 279 g/mol. The maximum atomic E-state index is 12.4. The quantitative estimate of drug-likeness (QED) is 0.719. The summed E-state index contributed by atoms with van der Waals surface area (Å²) in [6, 6.07) is 10.6. The molecule has 0 aliphatic heterocycles.